The average molecular weight is 215 g/mol. The quantitative estimate of drug-likeness (QED) is 0.612. The minimum Gasteiger partial charge on any atom is -0.481 e. The third kappa shape index (κ3) is 6.50. The molecule has 0 fully saturated rings. The van der Waals surface area contributed by atoms with E-state index in [-0.39, 0.29) is 18.4 Å². The van der Waals surface area contributed by atoms with Crippen molar-refractivity contribution >= 4 is 5.97 Å². The normalized spacial score (nSPS) is 17.1. The van der Waals surface area contributed by atoms with E-state index in [0.717, 1.165) is 6.42 Å². The number of hydrogen-bond donors (Lipinski definition) is 2. The summed E-state index contributed by atoms with van der Waals surface area (Å²) in [4.78, 5) is 10.5. The lowest BCUT2D eigenvalue weighted by atomic mass is 9.84. The van der Waals surface area contributed by atoms with Crippen LogP contribution in [-0.4, -0.2) is 17.1 Å². The van der Waals surface area contributed by atoms with Gasteiger partial charge in [-0.1, -0.05) is 46.5 Å². The molecule has 3 unspecified atom stereocenters. The number of aliphatic carboxylic acids is 1. The second kappa shape index (κ2) is 7.69. The smallest absolute Gasteiger partial charge is 0.304 e. The summed E-state index contributed by atoms with van der Waals surface area (Å²) in [5.74, 6) is 0.0129. The lowest BCUT2D eigenvalue weighted by Gasteiger charge is -2.24. The van der Waals surface area contributed by atoms with E-state index in [1.54, 1.807) is 0 Å². The second-order valence-electron chi connectivity index (χ2n) is 4.59. The van der Waals surface area contributed by atoms with Gasteiger partial charge in [0, 0.05) is 6.04 Å². The Morgan fingerprint density at radius 1 is 1.33 bits per heavy atom. The molecule has 0 aliphatic rings. The van der Waals surface area contributed by atoms with Gasteiger partial charge in [0.15, 0.2) is 0 Å². The fourth-order valence-corrected chi connectivity index (χ4v) is 1.79. The first kappa shape index (κ1) is 14.4. The molecule has 15 heavy (non-hydrogen) atoms. The Labute approximate surface area is 93.0 Å². The van der Waals surface area contributed by atoms with E-state index in [1.165, 1.54) is 19.3 Å². The Morgan fingerprint density at radius 3 is 2.40 bits per heavy atom. The highest BCUT2D eigenvalue weighted by Gasteiger charge is 2.21. The van der Waals surface area contributed by atoms with Crippen LogP contribution < -0.4 is 5.73 Å². The molecule has 3 atom stereocenters. The standard InChI is InChI=1S/C12H25NO2/c1-4-5-6-7-9(2)10(3)11(13)8-12(14)15/h9-11H,4-8,13H2,1-3H3,(H,14,15). The molecular formula is C12H25NO2. The Morgan fingerprint density at radius 2 is 1.93 bits per heavy atom. The number of rotatable bonds is 8. The van der Waals surface area contributed by atoms with Crippen LogP contribution in [0, 0.1) is 11.8 Å². The zero-order chi connectivity index (χ0) is 11.8. The third-order valence-electron chi connectivity index (χ3n) is 3.25. The van der Waals surface area contributed by atoms with E-state index in [1.807, 2.05) is 0 Å². The van der Waals surface area contributed by atoms with Crippen LogP contribution in [0.4, 0.5) is 0 Å². The van der Waals surface area contributed by atoms with E-state index in [0.29, 0.717) is 5.92 Å². The van der Waals surface area contributed by atoms with E-state index in [9.17, 15) is 4.79 Å². The van der Waals surface area contributed by atoms with Gasteiger partial charge < -0.3 is 10.8 Å². The van der Waals surface area contributed by atoms with E-state index in [2.05, 4.69) is 20.8 Å². The predicted octanol–water partition coefficient (Wildman–Crippen LogP) is 2.64. The molecule has 0 aliphatic heterocycles. The van der Waals surface area contributed by atoms with Crippen molar-refractivity contribution in [2.45, 2.75) is 58.9 Å². The molecule has 0 bridgehead atoms. The minimum atomic E-state index is -0.796. The molecule has 0 saturated heterocycles. The van der Waals surface area contributed by atoms with Gasteiger partial charge in [-0.3, -0.25) is 4.79 Å². The van der Waals surface area contributed by atoms with Crippen LogP contribution in [0.2, 0.25) is 0 Å². The highest BCUT2D eigenvalue weighted by Crippen LogP contribution is 2.21. The van der Waals surface area contributed by atoms with E-state index >= 15 is 0 Å². The molecule has 0 aromatic carbocycles. The Hall–Kier alpha value is -0.570. The summed E-state index contributed by atoms with van der Waals surface area (Å²) in [7, 11) is 0. The van der Waals surface area contributed by atoms with Gasteiger partial charge in [-0.25, -0.2) is 0 Å². The van der Waals surface area contributed by atoms with E-state index in [4.69, 9.17) is 10.8 Å². The molecule has 0 amide bonds. The first-order valence-electron chi connectivity index (χ1n) is 5.96. The molecule has 0 radical (unpaired) electrons. The van der Waals surface area contributed by atoms with Crippen LogP contribution in [0.3, 0.4) is 0 Å². The fourth-order valence-electron chi connectivity index (χ4n) is 1.79. The zero-order valence-corrected chi connectivity index (χ0v) is 10.2. The lowest BCUT2D eigenvalue weighted by molar-refractivity contribution is -0.137. The predicted molar refractivity (Wildman–Crippen MR) is 62.7 cm³/mol. The number of unbranched alkanes of at least 4 members (excludes halogenated alkanes) is 2. The molecule has 0 spiro atoms. The van der Waals surface area contributed by atoms with Crippen LogP contribution in [0.1, 0.15) is 52.9 Å². The third-order valence-corrected chi connectivity index (χ3v) is 3.25. The van der Waals surface area contributed by atoms with Crippen LogP contribution in [0.15, 0.2) is 0 Å². The van der Waals surface area contributed by atoms with Crippen molar-refractivity contribution in [3.8, 4) is 0 Å². The maximum Gasteiger partial charge on any atom is 0.304 e. The maximum absolute atomic E-state index is 10.5. The van der Waals surface area contributed by atoms with Gasteiger partial charge in [0.2, 0.25) is 0 Å². The van der Waals surface area contributed by atoms with Gasteiger partial charge in [-0.05, 0) is 11.8 Å². The first-order chi connectivity index (χ1) is 6.99. The Kier molecular flexibility index (Phi) is 7.39. The van der Waals surface area contributed by atoms with Crippen LogP contribution in [0.25, 0.3) is 0 Å². The molecule has 90 valence electrons. The molecular weight excluding hydrogens is 190 g/mol. The van der Waals surface area contributed by atoms with Crippen molar-refractivity contribution in [1.82, 2.24) is 0 Å². The summed E-state index contributed by atoms with van der Waals surface area (Å²) in [5.41, 5.74) is 5.84. The molecule has 0 aromatic heterocycles. The van der Waals surface area contributed by atoms with Crippen LogP contribution in [0.5, 0.6) is 0 Å². The van der Waals surface area contributed by atoms with Crippen molar-refractivity contribution < 1.29 is 9.90 Å². The molecule has 3 nitrogen and oxygen atoms in total. The maximum atomic E-state index is 10.5. The van der Waals surface area contributed by atoms with Gasteiger partial charge in [0.05, 0.1) is 6.42 Å². The van der Waals surface area contributed by atoms with Crippen molar-refractivity contribution in [1.29, 1.82) is 0 Å². The van der Waals surface area contributed by atoms with Gasteiger partial charge in [0.1, 0.15) is 0 Å². The SMILES string of the molecule is CCCCCC(C)C(C)C(N)CC(=O)O. The average Bonchev–Trinajstić information content (AvgIpc) is 2.15. The highest BCUT2D eigenvalue weighted by molar-refractivity contribution is 5.67. The van der Waals surface area contributed by atoms with Crippen molar-refractivity contribution in [3.05, 3.63) is 0 Å². The zero-order valence-electron chi connectivity index (χ0n) is 10.2. The van der Waals surface area contributed by atoms with Gasteiger partial charge in [-0.2, -0.15) is 0 Å². The summed E-state index contributed by atoms with van der Waals surface area (Å²) in [6.07, 6.45) is 4.94. The number of carboxylic acid groups (broad SMARTS) is 1. The van der Waals surface area contributed by atoms with Crippen molar-refractivity contribution in [2.24, 2.45) is 17.6 Å². The molecule has 0 saturated carbocycles. The van der Waals surface area contributed by atoms with E-state index < -0.39 is 5.97 Å². The highest BCUT2D eigenvalue weighted by atomic mass is 16.4. The summed E-state index contributed by atoms with van der Waals surface area (Å²) in [6.45, 7) is 6.41. The monoisotopic (exact) mass is 215 g/mol. The molecule has 0 heterocycles. The number of carboxylic acids is 1. The summed E-state index contributed by atoms with van der Waals surface area (Å²) >= 11 is 0. The topological polar surface area (TPSA) is 63.3 Å². The lowest BCUT2D eigenvalue weighted by Crippen LogP contribution is -2.34. The van der Waals surface area contributed by atoms with Crippen molar-refractivity contribution in [2.75, 3.05) is 0 Å². The summed E-state index contributed by atoms with van der Waals surface area (Å²) in [5, 5.41) is 8.65. The molecule has 0 aliphatic carbocycles. The fraction of sp³-hybridized carbons (Fsp3) is 0.917. The number of carbonyl (C=O) groups is 1. The van der Waals surface area contributed by atoms with Crippen LogP contribution in [-0.2, 0) is 4.79 Å². The van der Waals surface area contributed by atoms with Crippen LogP contribution >= 0.6 is 0 Å². The Bertz CT molecular complexity index is 182. The second-order valence-corrected chi connectivity index (χ2v) is 4.59. The molecule has 3 heteroatoms. The Balaban J connectivity index is 3.84. The molecule has 0 aromatic rings. The summed E-state index contributed by atoms with van der Waals surface area (Å²) in [6, 6.07) is -0.209. The minimum absolute atomic E-state index is 0.0826. The van der Waals surface area contributed by atoms with Gasteiger partial charge in [-0.15, -0.1) is 0 Å². The largest absolute Gasteiger partial charge is 0.481 e. The molecule has 0 rings (SSSR count). The molecule has 3 N–H and O–H groups in total. The number of nitrogens with two attached hydrogens (primary N) is 1. The first-order valence-corrected chi connectivity index (χ1v) is 5.96. The van der Waals surface area contributed by atoms with Crippen molar-refractivity contribution in [3.63, 3.8) is 0 Å². The van der Waals surface area contributed by atoms with Gasteiger partial charge >= 0.3 is 5.97 Å². The summed E-state index contributed by atoms with van der Waals surface area (Å²) < 4.78 is 0. The van der Waals surface area contributed by atoms with Gasteiger partial charge in [0.25, 0.3) is 0 Å². The number of hydrogen-bond acceptors (Lipinski definition) is 2.